The van der Waals surface area contributed by atoms with E-state index in [4.69, 9.17) is 5.73 Å². The molecule has 0 amide bonds. The Balaban J connectivity index is 2.30. The van der Waals surface area contributed by atoms with Crippen molar-refractivity contribution >= 4 is 11.5 Å². The molecule has 0 radical (unpaired) electrons. The number of nitrogens with one attached hydrogen (secondary N) is 1. The molecule has 1 heterocycles. The minimum Gasteiger partial charge on any atom is -0.399 e. The zero-order valence-corrected chi connectivity index (χ0v) is 12.9. The lowest BCUT2D eigenvalue weighted by Crippen LogP contribution is -2.35. The van der Waals surface area contributed by atoms with Gasteiger partial charge in [0, 0.05) is 23.6 Å². The third-order valence-electron chi connectivity index (χ3n) is 3.33. The highest BCUT2D eigenvalue weighted by atomic mass is 16.1. The fourth-order valence-electron chi connectivity index (χ4n) is 2.16. The van der Waals surface area contributed by atoms with Crippen LogP contribution in [0.25, 0.3) is 0 Å². The number of nitrogens with two attached hydrogens (primary N) is 1. The summed E-state index contributed by atoms with van der Waals surface area (Å²) in [4.78, 5) is 16.6. The number of aromatic nitrogens is 2. The van der Waals surface area contributed by atoms with Crippen LogP contribution in [0.1, 0.15) is 39.3 Å². The summed E-state index contributed by atoms with van der Waals surface area (Å²) >= 11 is 0. The predicted octanol–water partition coefficient (Wildman–Crippen LogP) is 2.75. The van der Waals surface area contributed by atoms with Crippen molar-refractivity contribution in [3.8, 4) is 0 Å². The maximum absolute atomic E-state index is 12.5. The van der Waals surface area contributed by atoms with Gasteiger partial charge in [0.05, 0.1) is 6.04 Å². The minimum absolute atomic E-state index is 0.0514. The number of hydrogen-bond acceptors (Lipinski definition) is 4. The Labute approximate surface area is 124 Å². The van der Waals surface area contributed by atoms with Gasteiger partial charge in [-0.25, -0.2) is 4.98 Å². The Morgan fingerprint density at radius 2 is 2.05 bits per heavy atom. The van der Waals surface area contributed by atoms with Gasteiger partial charge in [0.25, 0.3) is 5.56 Å². The summed E-state index contributed by atoms with van der Waals surface area (Å²) in [7, 11) is 0. The lowest BCUT2D eigenvalue weighted by atomic mass is 10.1. The molecule has 0 fully saturated rings. The second-order valence-corrected chi connectivity index (χ2v) is 6.16. The first kappa shape index (κ1) is 15.1. The van der Waals surface area contributed by atoms with Crippen molar-refractivity contribution in [3.05, 3.63) is 52.6 Å². The molecule has 0 spiro atoms. The molecule has 112 valence electrons. The van der Waals surface area contributed by atoms with Gasteiger partial charge in [-0.05, 0) is 45.4 Å². The van der Waals surface area contributed by atoms with E-state index in [1.807, 2.05) is 52.0 Å². The van der Waals surface area contributed by atoms with Crippen molar-refractivity contribution in [1.29, 1.82) is 0 Å². The molecular weight excluding hydrogens is 264 g/mol. The summed E-state index contributed by atoms with van der Waals surface area (Å²) in [6, 6.07) is 7.55. The Kier molecular flexibility index (Phi) is 4.02. The number of anilines is 2. The molecule has 0 aliphatic rings. The van der Waals surface area contributed by atoms with E-state index >= 15 is 0 Å². The fraction of sp³-hybridized carbons (Fsp3) is 0.375. The summed E-state index contributed by atoms with van der Waals surface area (Å²) < 4.78 is 1.68. The van der Waals surface area contributed by atoms with Crippen LogP contribution >= 0.6 is 0 Å². The smallest absolute Gasteiger partial charge is 0.293 e. The van der Waals surface area contributed by atoms with E-state index in [0.717, 1.165) is 5.56 Å². The summed E-state index contributed by atoms with van der Waals surface area (Å²) in [6.45, 7) is 7.93. The van der Waals surface area contributed by atoms with Crippen LogP contribution in [0.3, 0.4) is 0 Å². The van der Waals surface area contributed by atoms with Gasteiger partial charge in [-0.3, -0.25) is 4.79 Å². The quantitative estimate of drug-likeness (QED) is 0.851. The number of nitrogens with zero attached hydrogens (tertiary/aromatic N) is 2. The predicted molar refractivity (Wildman–Crippen MR) is 86.4 cm³/mol. The maximum atomic E-state index is 12.5. The number of benzene rings is 1. The van der Waals surface area contributed by atoms with Gasteiger partial charge in [0.2, 0.25) is 0 Å². The number of hydrogen-bond donors (Lipinski definition) is 2. The van der Waals surface area contributed by atoms with Crippen LogP contribution in [-0.4, -0.2) is 9.55 Å². The third-order valence-corrected chi connectivity index (χ3v) is 3.33. The zero-order chi connectivity index (χ0) is 15.6. The first-order valence-corrected chi connectivity index (χ1v) is 6.99. The molecule has 21 heavy (non-hydrogen) atoms. The molecule has 5 heteroatoms. The van der Waals surface area contributed by atoms with Crippen LogP contribution in [-0.2, 0) is 5.54 Å². The molecule has 0 saturated heterocycles. The van der Waals surface area contributed by atoms with Gasteiger partial charge >= 0.3 is 0 Å². The summed E-state index contributed by atoms with van der Waals surface area (Å²) in [5.74, 6) is 0.349. The Morgan fingerprint density at radius 3 is 2.67 bits per heavy atom. The Hall–Kier alpha value is -2.30. The number of nitrogen functional groups attached to an aromatic ring is 1. The molecule has 2 aromatic rings. The molecule has 0 saturated carbocycles. The molecule has 1 unspecified atom stereocenters. The van der Waals surface area contributed by atoms with E-state index in [-0.39, 0.29) is 17.1 Å². The van der Waals surface area contributed by atoms with Crippen LogP contribution in [0.2, 0.25) is 0 Å². The molecule has 1 aromatic carbocycles. The molecule has 2 rings (SSSR count). The summed E-state index contributed by atoms with van der Waals surface area (Å²) in [5, 5.41) is 3.17. The highest BCUT2D eigenvalue weighted by Crippen LogP contribution is 2.19. The van der Waals surface area contributed by atoms with Gasteiger partial charge in [0.15, 0.2) is 5.82 Å². The zero-order valence-electron chi connectivity index (χ0n) is 12.9. The monoisotopic (exact) mass is 286 g/mol. The van der Waals surface area contributed by atoms with Crippen molar-refractivity contribution in [2.24, 2.45) is 0 Å². The van der Waals surface area contributed by atoms with Crippen molar-refractivity contribution in [2.75, 3.05) is 11.1 Å². The van der Waals surface area contributed by atoms with Crippen LogP contribution in [0.15, 0.2) is 41.5 Å². The highest BCUT2D eigenvalue weighted by molar-refractivity contribution is 5.44. The molecule has 0 aliphatic carbocycles. The second kappa shape index (κ2) is 5.60. The van der Waals surface area contributed by atoms with Crippen LogP contribution in [0, 0.1) is 0 Å². The van der Waals surface area contributed by atoms with Crippen molar-refractivity contribution in [1.82, 2.24) is 9.55 Å². The Bertz CT molecular complexity index is 685. The van der Waals surface area contributed by atoms with Crippen molar-refractivity contribution in [3.63, 3.8) is 0 Å². The molecule has 5 nitrogen and oxygen atoms in total. The minimum atomic E-state index is -0.281. The molecular formula is C16H22N4O. The van der Waals surface area contributed by atoms with Gasteiger partial charge in [-0.15, -0.1) is 0 Å². The van der Waals surface area contributed by atoms with Gasteiger partial charge in [-0.2, -0.15) is 0 Å². The van der Waals surface area contributed by atoms with Crippen molar-refractivity contribution in [2.45, 2.75) is 39.3 Å². The largest absolute Gasteiger partial charge is 0.399 e. The Morgan fingerprint density at radius 1 is 1.33 bits per heavy atom. The summed E-state index contributed by atoms with van der Waals surface area (Å²) in [5.41, 5.74) is 7.11. The van der Waals surface area contributed by atoms with E-state index in [1.54, 1.807) is 17.0 Å². The molecule has 1 atom stereocenters. The highest BCUT2D eigenvalue weighted by Gasteiger charge is 2.17. The van der Waals surface area contributed by atoms with E-state index in [1.165, 1.54) is 0 Å². The van der Waals surface area contributed by atoms with Crippen LogP contribution in [0.4, 0.5) is 11.5 Å². The van der Waals surface area contributed by atoms with Crippen LogP contribution in [0.5, 0.6) is 0 Å². The van der Waals surface area contributed by atoms with Gasteiger partial charge < -0.3 is 15.6 Å². The van der Waals surface area contributed by atoms with Crippen molar-refractivity contribution < 1.29 is 0 Å². The average molecular weight is 286 g/mol. The normalized spacial score (nSPS) is 13.0. The van der Waals surface area contributed by atoms with E-state index in [0.29, 0.717) is 11.5 Å². The lowest BCUT2D eigenvalue weighted by Gasteiger charge is -2.23. The second-order valence-electron chi connectivity index (χ2n) is 6.16. The number of rotatable bonds is 3. The molecule has 0 aliphatic heterocycles. The van der Waals surface area contributed by atoms with E-state index < -0.39 is 0 Å². The lowest BCUT2D eigenvalue weighted by molar-refractivity contribution is 0.383. The van der Waals surface area contributed by atoms with Gasteiger partial charge in [-0.1, -0.05) is 12.1 Å². The first-order valence-electron chi connectivity index (χ1n) is 6.99. The molecule has 3 N–H and O–H groups in total. The standard InChI is InChI=1S/C16H22N4O/c1-11(12-6-5-7-13(17)10-12)19-14-15(21)20(9-8-18-14)16(2,3)4/h5-11H,17H2,1-4H3,(H,18,19). The first-order chi connectivity index (χ1) is 9.79. The van der Waals surface area contributed by atoms with Crippen LogP contribution < -0.4 is 16.6 Å². The molecule has 0 bridgehead atoms. The third kappa shape index (κ3) is 3.42. The van der Waals surface area contributed by atoms with E-state index in [9.17, 15) is 4.79 Å². The fourth-order valence-corrected chi connectivity index (χ4v) is 2.16. The summed E-state index contributed by atoms with van der Waals surface area (Å²) in [6.07, 6.45) is 3.35. The van der Waals surface area contributed by atoms with Gasteiger partial charge in [0.1, 0.15) is 0 Å². The molecule has 1 aromatic heterocycles. The van der Waals surface area contributed by atoms with E-state index in [2.05, 4.69) is 10.3 Å². The average Bonchev–Trinajstić information content (AvgIpc) is 2.39. The SMILES string of the molecule is CC(Nc1nccn(C(C)(C)C)c1=O)c1cccc(N)c1. The topological polar surface area (TPSA) is 72.9 Å². The maximum Gasteiger partial charge on any atom is 0.293 e.